The first-order valence-corrected chi connectivity index (χ1v) is 9.21. The SMILES string of the molecule is CC(=O)c1ccc(NC(=O)NCCc2c3c(cc4c2OCC4)OCC3)cc1. The minimum atomic E-state index is -0.271. The van der Waals surface area contributed by atoms with Crippen molar-refractivity contribution in [2.45, 2.75) is 26.2 Å². The zero-order valence-electron chi connectivity index (χ0n) is 15.3. The van der Waals surface area contributed by atoms with E-state index >= 15 is 0 Å². The second-order valence-corrected chi connectivity index (χ2v) is 6.78. The molecule has 6 heteroatoms. The molecule has 2 aliphatic rings. The fourth-order valence-corrected chi connectivity index (χ4v) is 3.61. The number of ketones is 1. The first-order valence-electron chi connectivity index (χ1n) is 9.21. The topological polar surface area (TPSA) is 76.7 Å². The van der Waals surface area contributed by atoms with Gasteiger partial charge in [0.1, 0.15) is 11.5 Å². The highest BCUT2D eigenvalue weighted by atomic mass is 16.5. The maximum atomic E-state index is 12.1. The van der Waals surface area contributed by atoms with Crippen LogP contribution in [0.25, 0.3) is 0 Å². The third-order valence-corrected chi connectivity index (χ3v) is 4.97. The summed E-state index contributed by atoms with van der Waals surface area (Å²) in [5.74, 6) is 1.94. The van der Waals surface area contributed by atoms with Gasteiger partial charge >= 0.3 is 6.03 Å². The molecule has 2 amide bonds. The number of benzene rings is 2. The standard InChI is InChI=1S/C21H22N2O4/c1-13(24)14-2-4-16(5-3-14)23-21(25)22-9-6-18-17-8-11-26-19(17)12-15-7-10-27-20(15)18/h2-5,12H,6-11H2,1H3,(H2,22,23,25). The Kier molecular flexibility index (Phi) is 4.71. The fraction of sp³-hybridized carbons (Fsp3) is 0.333. The third kappa shape index (κ3) is 3.60. The van der Waals surface area contributed by atoms with Crippen LogP contribution in [-0.4, -0.2) is 31.6 Å². The van der Waals surface area contributed by atoms with Crippen LogP contribution in [-0.2, 0) is 19.3 Å². The molecule has 2 heterocycles. The van der Waals surface area contributed by atoms with Crippen molar-refractivity contribution in [3.63, 3.8) is 0 Å². The molecule has 140 valence electrons. The molecule has 0 aromatic heterocycles. The highest BCUT2D eigenvalue weighted by Crippen LogP contribution is 2.40. The largest absolute Gasteiger partial charge is 0.493 e. The Labute approximate surface area is 157 Å². The second kappa shape index (κ2) is 7.31. The van der Waals surface area contributed by atoms with Crippen molar-refractivity contribution in [1.82, 2.24) is 5.32 Å². The number of hydrogen-bond acceptors (Lipinski definition) is 4. The number of amides is 2. The van der Waals surface area contributed by atoms with E-state index in [1.807, 2.05) is 0 Å². The molecule has 0 saturated carbocycles. The average molecular weight is 366 g/mol. The third-order valence-electron chi connectivity index (χ3n) is 4.97. The first-order chi connectivity index (χ1) is 13.1. The molecule has 2 aromatic carbocycles. The van der Waals surface area contributed by atoms with Gasteiger partial charge in [-0.25, -0.2) is 4.79 Å². The quantitative estimate of drug-likeness (QED) is 0.797. The van der Waals surface area contributed by atoms with Crippen LogP contribution in [0, 0.1) is 0 Å². The molecule has 0 spiro atoms. The summed E-state index contributed by atoms with van der Waals surface area (Å²) in [5.41, 5.74) is 4.83. The van der Waals surface area contributed by atoms with Gasteiger partial charge in [0.05, 0.1) is 13.2 Å². The summed E-state index contributed by atoms with van der Waals surface area (Å²) < 4.78 is 11.5. The van der Waals surface area contributed by atoms with Crippen molar-refractivity contribution in [2.24, 2.45) is 0 Å². The van der Waals surface area contributed by atoms with Crippen LogP contribution < -0.4 is 20.1 Å². The van der Waals surface area contributed by atoms with Gasteiger partial charge in [-0.2, -0.15) is 0 Å². The normalized spacial score (nSPS) is 14.0. The molecule has 2 aliphatic heterocycles. The lowest BCUT2D eigenvalue weighted by Gasteiger charge is -2.13. The number of urea groups is 1. The minimum absolute atomic E-state index is 0.000116. The van der Waals surface area contributed by atoms with Crippen molar-refractivity contribution < 1.29 is 19.1 Å². The number of ether oxygens (including phenoxy) is 2. The number of nitrogens with one attached hydrogen (secondary N) is 2. The monoisotopic (exact) mass is 366 g/mol. The van der Waals surface area contributed by atoms with Crippen molar-refractivity contribution in [3.8, 4) is 11.5 Å². The Hall–Kier alpha value is -3.02. The van der Waals surface area contributed by atoms with Crippen LogP contribution in [0.3, 0.4) is 0 Å². The molecule has 0 atom stereocenters. The van der Waals surface area contributed by atoms with Gasteiger partial charge in [0, 0.05) is 47.3 Å². The van der Waals surface area contributed by atoms with Gasteiger partial charge in [0.25, 0.3) is 0 Å². The summed E-state index contributed by atoms with van der Waals surface area (Å²) in [4.78, 5) is 23.4. The number of rotatable bonds is 5. The van der Waals surface area contributed by atoms with Crippen LogP contribution >= 0.6 is 0 Å². The molecule has 0 aliphatic carbocycles. The number of anilines is 1. The van der Waals surface area contributed by atoms with Gasteiger partial charge < -0.3 is 20.1 Å². The van der Waals surface area contributed by atoms with Crippen molar-refractivity contribution in [2.75, 3.05) is 25.1 Å². The second-order valence-electron chi connectivity index (χ2n) is 6.78. The van der Waals surface area contributed by atoms with Crippen molar-refractivity contribution in [1.29, 1.82) is 0 Å². The van der Waals surface area contributed by atoms with Gasteiger partial charge in [-0.1, -0.05) is 0 Å². The highest BCUT2D eigenvalue weighted by Gasteiger charge is 2.26. The highest BCUT2D eigenvalue weighted by molar-refractivity contribution is 5.95. The van der Waals surface area contributed by atoms with Crippen LogP contribution in [0.5, 0.6) is 11.5 Å². The zero-order valence-corrected chi connectivity index (χ0v) is 15.3. The molecule has 0 fully saturated rings. The van der Waals surface area contributed by atoms with E-state index in [9.17, 15) is 9.59 Å². The molecule has 2 aromatic rings. The smallest absolute Gasteiger partial charge is 0.319 e. The van der Waals surface area contributed by atoms with E-state index in [0.29, 0.717) is 37.4 Å². The molecule has 0 unspecified atom stereocenters. The summed E-state index contributed by atoms with van der Waals surface area (Å²) in [5, 5.41) is 5.67. The van der Waals surface area contributed by atoms with E-state index in [1.54, 1.807) is 24.3 Å². The van der Waals surface area contributed by atoms with E-state index < -0.39 is 0 Å². The number of hydrogen-bond donors (Lipinski definition) is 2. The molecular weight excluding hydrogens is 344 g/mol. The number of Topliss-reactive ketones (excluding diaryl/α,β-unsaturated/α-hetero) is 1. The zero-order chi connectivity index (χ0) is 18.8. The van der Waals surface area contributed by atoms with Crippen LogP contribution in [0.4, 0.5) is 10.5 Å². The maximum absolute atomic E-state index is 12.1. The maximum Gasteiger partial charge on any atom is 0.319 e. The molecule has 6 nitrogen and oxygen atoms in total. The summed E-state index contributed by atoms with van der Waals surface area (Å²) >= 11 is 0. The van der Waals surface area contributed by atoms with E-state index in [2.05, 4.69) is 16.7 Å². The predicted molar refractivity (Wildman–Crippen MR) is 102 cm³/mol. The molecule has 27 heavy (non-hydrogen) atoms. The lowest BCUT2D eigenvalue weighted by atomic mass is 9.97. The Morgan fingerprint density at radius 1 is 1.07 bits per heavy atom. The van der Waals surface area contributed by atoms with E-state index in [-0.39, 0.29) is 11.8 Å². The molecule has 4 rings (SSSR count). The first kappa shape index (κ1) is 17.4. The lowest BCUT2D eigenvalue weighted by molar-refractivity contribution is 0.101. The van der Waals surface area contributed by atoms with Gasteiger partial charge in [0.15, 0.2) is 5.78 Å². The van der Waals surface area contributed by atoms with Crippen molar-refractivity contribution in [3.05, 3.63) is 52.6 Å². The van der Waals surface area contributed by atoms with E-state index in [1.165, 1.54) is 18.1 Å². The Morgan fingerprint density at radius 2 is 1.85 bits per heavy atom. The fourth-order valence-electron chi connectivity index (χ4n) is 3.61. The number of fused-ring (bicyclic) bond motifs is 2. The van der Waals surface area contributed by atoms with Gasteiger partial charge in [-0.05, 0) is 43.7 Å². The van der Waals surface area contributed by atoms with Gasteiger partial charge in [0.2, 0.25) is 0 Å². The summed E-state index contributed by atoms with van der Waals surface area (Å²) in [6.45, 7) is 3.43. The Balaban J connectivity index is 1.36. The molecule has 2 N–H and O–H groups in total. The Bertz CT molecular complexity index is 858. The minimum Gasteiger partial charge on any atom is -0.493 e. The summed E-state index contributed by atoms with van der Waals surface area (Å²) in [6.07, 6.45) is 2.49. The van der Waals surface area contributed by atoms with Crippen LogP contribution in [0.15, 0.2) is 30.3 Å². The lowest BCUT2D eigenvalue weighted by Crippen LogP contribution is -2.30. The average Bonchev–Trinajstić information content (AvgIpc) is 3.30. The molecule has 0 radical (unpaired) electrons. The van der Waals surface area contributed by atoms with Crippen molar-refractivity contribution >= 4 is 17.5 Å². The molecule has 0 bridgehead atoms. The van der Waals surface area contributed by atoms with E-state index in [0.717, 1.165) is 29.9 Å². The Morgan fingerprint density at radius 3 is 2.63 bits per heavy atom. The number of carbonyl (C=O) groups excluding carboxylic acids is 2. The van der Waals surface area contributed by atoms with E-state index in [4.69, 9.17) is 9.47 Å². The van der Waals surface area contributed by atoms with Crippen LogP contribution in [0.2, 0.25) is 0 Å². The molecule has 0 saturated heterocycles. The van der Waals surface area contributed by atoms with Gasteiger partial charge in [-0.3, -0.25) is 4.79 Å². The molecular formula is C21H22N2O4. The predicted octanol–water partition coefficient (Wildman–Crippen LogP) is 3.12. The summed E-state index contributed by atoms with van der Waals surface area (Å²) in [6, 6.07) is 8.67. The van der Waals surface area contributed by atoms with Crippen LogP contribution in [0.1, 0.15) is 34.0 Å². The summed E-state index contributed by atoms with van der Waals surface area (Å²) in [7, 11) is 0. The number of carbonyl (C=O) groups is 2. The van der Waals surface area contributed by atoms with Gasteiger partial charge in [-0.15, -0.1) is 0 Å².